The third kappa shape index (κ3) is 9.07. The first kappa shape index (κ1) is 16.5. The molecule has 0 atom stereocenters. The van der Waals surface area contributed by atoms with Gasteiger partial charge in [-0.25, -0.2) is 0 Å². The van der Waals surface area contributed by atoms with Crippen LogP contribution in [0.1, 0.15) is 90.4 Å². The summed E-state index contributed by atoms with van der Waals surface area (Å²) < 4.78 is 5.35. The summed E-state index contributed by atoms with van der Waals surface area (Å²) in [6.45, 7) is 2.86. The van der Waals surface area contributed by atoms with Gasteiger partial charge < -0.3 is 4.74 Å². The minimum absolute atomic E-state index is 0.0186. The lowest BCUT2D eigenvalue weighted by molar-refractivity contribution is -0.144. The van der Waals surface area contributed by atoms with Crippen LogP contribution in [0.25, 0.3) is 0 Å². The van der Waals surface area contributed by atoms with Crippen molar-refractivity contribution in [1.29, 1.82) is 0 Å². The van der Waals surface area contributed by atoms with Crippen LogP contribution in [0.3, 0.4) is 0 Å². The second kappa shape index (κ2) is 11.3. The minimum atomic E-state index is 0.0186. The monoisotopic (exact) mass is 268 g/mol. The molecule has 1 rings (SSSR count). The van der Waals surface area contributed by atoms with Gasteiger partial charge >= 0.3 is 5.97 Å². The van der Waals surface area contributed by atoms with E-state index in [1.54, 1.807) is 0 Å². The van der Waals surface area contributed by atoms with Crippen LogP contribution in [-0.4, -0.2) is 12.6 Å². The maximum absolute atomic E-state index is 11.6. The molecule has 0 saturated heterocycles. The van der Waals surface area contributed by atoms with E-state index in [2.05, 4.69) is 6.92 Å². The number of carbonyl (C=O) groups is 1. The van der Waals surface area contributed by atoms with E-state index in [0.717, 1.165) is 18.8 Å². The van der Waals surface area contributed by atoms with Gasteiger partial charge in [0.2, 0.25) is 0 Å². The van der Waals surface area contributed by atoms with Gasteiger partial charge in [-0.3, -0.25) is 4.79 Å². The average Bonchev–Trinajstić information content (AvgIpc) is 2.67. The first-order valence-electron chi connectivity index (χ1n) is 8.48. The molecule has 0 heterocycles. The zero-order chi connectivity index (χ0) is 13.8. The number of hydrogen-bond acceptors (Lipinski definition) is 2. The van der Waals surface area contributed by atoms with Crippen molar-refractivity contribution in [2.24, 2.45) is 5.92 Å². The standard InChI is InChI=1S/C17H32O2/c1-2-3-4-5-10-13-17(18)19-15-14-16-11-8-6-7-9-12-16/h16H,2-15H2,1H3. The van der Waals surface area contributed by atoms with Gasteiger partial charge in [0, 0.05) is 6.42 Å². The first-order chi connectivity index (χ1) is 9.33. The van der Waals surface area contributed by atoms with Gasteiger partial charge in [-0.1, -0.05) is 71.1 Å². The lowest BCUT2D eigenvalue weighted by Gasteiger charge is -2.13. The molecular weight excluding hydrogens is 236 g/mol. The molecule has 0 bridgehead atoms. The van der Waals surface area contributed by atoms with Crippen molar-refractivity contribution < 1.29 is 9.53 Å². The summed E-state index contributed by atoms with van der Waals surface area (Å²) in [5.41, 5.74) is 0. The highest BCUT2D eigenvalue weighted by molar-refractivity contribution is 5.69. The lowest BCUT2D eigenvalue weighted by atomic mass is 9.97. The van der Waals surface area contributed by atoms with Crippen LogP contribution in [0.4, 0.5) is 0 Å². The van der Waals surface area contributed by atoms with Crippen molar-refractivity contribution in [2.45, 2.75) is 90.4 Å². The molecule has 0 aromatic rings. The molecule has 0 amide bonds. The zero-order valence-electron chi connectivity index (χ0n) is 12.8. The highest BCUT2D eigenvalue weighted by atomic mass is 16.5. The molecule has 19 heavy (non-hydrogen) atoms. The van der Waals surface area contributed by atoms with E-state index < -0.39 is 0 Å². The van der Waals surface area contributed by atoms with E-state index in [4.69, 9.17) is 4.74 Å². The summed E-state index contributed by atoms with van der Waals surface area (Å²) >= 11 is 0. The maximum Gasteiger partial charge on any atom is 0.305 e. The highest BCUT2D eigenvalue weighted by Crippen LogP contribution is 2.25. The quantitative estimate of drug-likeness (QED) is 0.324. The Morgan fingerprint density at radius 3 is 2.37 bits per heavy atom. The molecule has 2 heteroatoms. The summed E-state index contributed by atoms with van der Waals surface area (Å²) in [7, 11) is 0. The second-order valence-electron chi connectivity index (χ2n) is 6.03. The van der Waals surface area contributed by atoms with Gasteiger partial charge in [-0.15, -0.1) is 0 Å². The van der Waals surface area contributed by atoms with E-state index in [1.807, 2.05) is 0 Å². The van der Waals surface area contributed by atoms with Gasteiger partial charge in [0.1, 0.15) is 0 Å². The van der Waals surface area contributed by atoms with E-state index in [9.17, 15) is 4.79 Å². The zero-order valence-corrected chi connectivity index (χ0v) is 12.8. The average molecular weight is 268 g/mol. The van der Waals surface area contributed by atoms with Gasteiger partial charge in [0.15, 0.2) is 0 Å². The number of esters is 1. The molecule has 1 fully saturated rings. The molecule has 0 aromatic carbocycles. The Morgan fingerprint density at radius 1 is 1.00 bits per heavy atom. The highest BCUT2D eigenvalue weighted by Gasteiger charge is 2.12. The molecule has 1 aliphatic carbocycles. The molecule has 0 spiro atoms. The van der Waals surface area contributed by atoms with Crippen molar-refractivity contribution >= 4 is 5.97 Å². The summed E-state index contributed by atoms with van der Waals surface area (Å²) in [6, 6.07) is 0. The molecule has 112 valence electrons. The van der Waals surface area contributed by atoms with E-state index in [-0.39, 0.29) is 5.97 Å². The van der Waals surface area contributed by atoms with Crippen molar-refractivity contribution in [3.8, 4) is 0 Å². The number of carbonyl (C=O) groups excluding carboxylic acids is 1. The Balaban J connectivity index is 1.94. The molecular formula is C17H32O2. The van der Waals surface area contributed by atoms with Crippen molar-refractivity contribution in [3.63, 3.8) is 0 Å². The number of ether oxygens (including phenoxy) is 1. The third-order valence-electron chi connectivity index (χ3n) is 4.25. The third-order valence-corrected chi connectivity index (χ3v) is 4.25. The smallest absolute Gasteiger partial charge is 0.305 e. The van der Waals surface area contributed by atoms with Gasteiger partial charge in [-0.2, -0.15) is 0 Å². The fraction of sp³-hybridized carbons (Fsp3) is 0.941. The van der Waals surface area contributed by atoms with Gasteiger partial charge in [-0.05, 0) is 18.8 Å². The molecule has 0 unspecified atom stereocenters. The Kier molecular flexibility index (Phi) is 9.84. The van der Waals surface area contributed by atoms with E-state index in [1.165, 1.54) is 64.2 Å². The van der Waals surface area contributed by atoms with Crippen LogP contribution < -0.4 is 0 Å². The predicted molar refractivity (Wildman–Crippen MR) is 80.1 cm³/mol. The molecule has 1 saturated carbocycles. The number of hydrogen-bond donors (Lipinski definition) is 0. The normalized spacial score (nSPS) is 17.1. The topological polar surface area (TPSA) is 26.3 Å². The Hall–Kier alpha value is -0.530. The fourth-order valence-corrected chi connectivity index (χ4v) is 2.94. The van der Waals surface area contributed by atoms with Gasteiger partial charge in [0.25, 0.3) is 0 Å². The van der Waals surface area contributed by atoms with Crippen molar-refractivity contribution in [3.05, 3.63) is 0 Å². The summed E-state index contributed by atoms with van der Waals surface area (Å²) in [5, 5.41) is 0. The van der Waals surface area contributed by atoms with Gasteiger partial charge in [0.05, 0.1) is 6.61 Å². The maximum atomic E-state index is 11.6. The fourth-order valence-electron chi connectivity index (χ4n) is 2.94. The molecule has 0 N–H and O–H groups in total. The Morgan fingerprint density at radius 2 is 1.68 bits per heavy atom. The number of rotatable bonds is 9. The van der Waals surface area contributed by atoms with Crippen molar-refractivity contribution in [2.75, 3.05) is 6.61 Å². The lowest BCUT2D eigenvalue weighted by Crippen LogP contribution is -2.09. The van der Waals surface area contributed by atoms with Crippen LogP contribution in [0, 0.1) is 5.92 Å². The van der Waals surface area contributed by atoms with Crippen LogP contribution >= 0.6 is 0 Å². The van der Waals surface area contributed by atoms with E-state index >= 15 is 0 Å². The Bertz CT molecular complexity index is 217. The molecule has 0 radical (unpaired) electrons. The summed E-state index contributed by atoms with van der Waals surface area (Å²) in [6.07, 6.45) is 15.9. The largest absolute Gasteiger partial charge is 0.466 e. The SMILES string of the molecule is CCCCCCCC(=O)OCCC1CCCCCC1. The second-order valence-corrected chi connectivity index (χ2v) is 6.03. The van der Waals surface area contributed by atoms with E-state index in [0.29, 0.717) is 13.0 Å². The van der Waals surface area contributed by atoms with Crippen LogP contribution in [0.15, 0.2) is 0 Å². The minimum Gasteiger partial charge on any atom is -0.466 e. The first-order valence-corrected chi connectivity index (χ1v) is 8.48. The predicted octanol–water partition coefficient (Wildman–Crippen LogP) is 5.25. The summed E-state index contributed by atoms with van der Waals surface area (Å²) in [4.78, 5) is 11.6. The summed E-state index contributed by atoms with van der Waals surface area (Å²) in [5.74, 6) is 0.824. The molecule has 2 nitrogen and oxygen atoms in total. The van der Waals surface area contributed by atoms with Crippen LogP contribution in [0.5, 0.6) is 0 Å². The van der Waals surface area contributed by atoms with Crippen molar-refractivity contribution in [1.82, 2.24) is 0 Å². The number of unbranched alkanes of at least 4 members (excludes halogenated alkanes) is 4. The van der Waals surface area contributed by atoms with Crippen LogP contribution in [0.2, 0.25) is 0 Å². The molecule has 1 aliphatic rings. The molecule has 0 aromatic heterocycles. The molecule has 0 aliphatic heterocycles. The van der Waals surface area contributed by atoms with Crippen LogP contribution in [-0.2, 0) is 9.53 Å². The Labute approximate surface area is 119 Å².